The minimum absolute atomic E-state index is 0.128. The molecule has 0 radical (unpaired) electrons. The second-order valence-corrected chi connectivity index (χ2v) is 10.1. The first-order valence-electron chi connectivity index (χ1n) is 10.7. The maximum atomic E-state index is 12.7. The fourth-order valence-corrected chi connectivity index (χ4v) is 4.71. The quantitative estimate of drug-likeness (QED) is 0.429. The molecule has 32 heavy (non-hydrogen) atoms. The Bertz CT molecular complexity index is 1350. The Morgan fingerprint density at radius 1 is 1.09 bits per heavy atom. The molecule has 1 saturated carbocycles. The maximum Gasteiger partial charge on any atom is 0.243 e. The summed E-state index contributed by atoms with van der Waals surface area (Å²) in [5.74, 6) is 0.674. The summed E-state index contributed by atoms with van der Waals surface area (Å²) in [6.07, 6.45) is 9.55. The predicted molar refractivity (Wildman–Crippen MR) is 122 cm³/mol. The number of hydrogen-bond acceptors (Lipinski definition) is 5. The molecule has 0 bridgehead atoms. The average molecular weight is 451 g/mol. The molecular weight excluding hydrogens is 424 g/mol. The number of nitrogens with two attached hydrogens (primary N) is 1. The predicted octanol–water partition coefficient (Wildman–Crippen LogP) is 2.95. The van der Waals surface area contributed by atoms with E-state index in [1.165, 1.54) is 24.6 Å². The standard InChI is InChI=1S/C23H26N6O2S/c1-16(22-15-28-13-20(19-6-7-19)8-9-23(28)27-22)29-14-21(12-25-29)32(30,31)26-11-18-4-2-17(10-24)3-5-18/h2-5,8-9,12-16,19,26H,6-7,10-11,24H2,1H3. The molecule has 166 valence electrons. The number of benzene rings is 1. The maximum absolute atomic E-state index is 12.7. The van der Waals surface area contributed by atoms with Gasteiger partial charge in [0.1, 0.15) is 10.5 Å². The molecule has 8 nitrogen and oxygen atoms in total. The second-order valence-electron chi connectivity index (χ2n) is 8.35. The van der Waals surface area contributed by atoms with Crippen molar-refractivity contribution in [1.29, 1.82) is 0 Å². The Morgan fingerprint density at radius 2 is 1.84 bits per heavy atom. The molecule has 0 amide bonds. The Labute approximate surface area is 187 Å². The van der Waals surface area contributed by atoms with Crippen LogP contribution in [0.3, 0.4) is 0 Å². The van der Waals surface area contributed by atoms with Gasteiger partial charge in [0.25, 0.3) is 0 Å². The SMILES string of the molecule is CC(c1cn2cc(C3CC3)ccc2n1)n1cc(S(=O)(=O)NCc2ccc(CN)cc2)cn1. The first-order chi connectivity index (χ1) is 15.4. The van der Waals surface area contributed by atoms with Gasteiger partial charge in [-0.2, -0.15) is 5.10 Å². The average Bonchev–Trinajstić information content (AvgIpc) is 3.37. The van der Waals surface area contributed by atoms with Crippen LogP contribution in [0.25, 0.3) is 5.65 Å². The second kappa shape index (κ2) is 8.16. The van der Waals surface area contributed by atoms with Crippen LogP contribution in [0.1, 0.15) is 54.1 Å². The lowest BCUT2D eigenvalue weighted by Crippen LogP contribution is -2.23. The first kappa shape index (κ1) is 20.9. The van der Waals surface area contributed by atoms with E-state index < -0.39 is 10.0 Å². The Balaban J connectivity index is 1.31. The fraction of sp³-hybridized carbons (Fsp3) is 0.304. The van der Waals surface area contributed by atoms with Crippen LogP contribution in [0.15, 0.2) is 66.1 Å². The Morgan fingerprint density at radius 3 is 2.56 bits per heavy atom. The van der Waals surface area contributed by atoms with Crippen LogP contribution < -0.4 is 10.5 Å². The van der Waals surface area contributed by atoms with Crippen LogP contribution in [0, 0.1) is 0 Å². The first-order valence-corrected chi connectivity index (χ1v) is 12.2. The number of sulfonamides is 1. The number of rotatable bonds is 8. The van der Waals surface area contributed by atoms with E-state index in [-0.39, 0.29) is 17.5 Å². The monoisotopic (exact) mass is 450 g/mol. The van der Waals surface area contributed by atoms with Crippen molar-refractivity contribution in [1.82, 2.24) is 23.9 Å². The van der Waals surface area contributed by atoms with Crippen molar-refractivity contribution in [3.8, 4) is 0 Å². The molecule has 9 heteroatoms. The van der Waals surface area contributed by atoms with Crippen LogP contribution in [0.2, 0.25) is 0 Å². The minimum Gasteiger partial charge on any atom is -0.326 e. The summed E-state index contributed by atoms with van der Waals surface area (Å²) in [7, 11) is -3.69. The van der Waals surface area contributed by atoms with Gasteiger partial charge in [0.15, 0.2) is 0 Å². The molecule has 3 aromatic heterocycles. The van der Waals surface area contributed by atoms with Crippen LogP contribution in [-0.2, 0) is 23.1 Å². The minimum atomic E-state index is -3.69. The number of imidazole rings is 1. The topological polar surface area (TPSA) is 107 Å². The molecule has 1 atom stereocenters. The van der Waals surface area contributed by atoms with E-state index in [9.17, 15) is 8.42 Å². The lowest BCUT2D eigenvalue weighted by atomic mass is 10.1. The summed E-state index contributed by atoms with van der Waals surface area (Å²) >= 11 is 0. The summed E-state index contributed by atoms with van der Waals surface area (Å²) in [4.78, 5) is 4.83. The van der Waals surface area contributed by atoms with Gasteiger partial charge in [-0.3, -0.25) is 4.68 Å². The van der Waals surface area contributed by atoms with E-state index in [4.69, 9.17) is 10.7 Å². The van der Waals surface area contributed by atoms with Crippen molar-refractivity contribution >= 4 is 15.7 Å². The molecule has 3 N–H and O–H groups in total. The molecular formula is C23H26N6O2S. The lowest BCUT2D eigenvalue weighted by Gasteiger charge is -2.09. The third-order valence-corrected chi connectivity index (χ3v) is 7.34. The molecule has 0 saturated heterocycles. The van der Waals surface area contributed by atoms with Gasteiger partial charge in [0.2, 0.25) is 10.0 Å². The molecule has 1 fully saturated rings. The summed E-state index contributed by atoms with van der Waals surface area (Å²) < 4.78 is 31.8. The van der Waals surface area contributed by atoms with E-state index in [1.807, 2.05) is 47.9 Å². The molecule has 1 aromatic carbocycles. The molecule has 1 unspecified atom stereocenters. The van der Waals surface area contributed by atoms with Gasteiger partial charge in [-0.05, 0) is 48.4 Å². The van der Waals surface area contributed by atoms with Crippen LogP contribution in [0.5, 0.6) is 0 Å². The van der Waals surface area contributed by atoms with Crippen molar-refractivity contribution in [2.75, 3.05) is 0 Å². The van der Waals surface area contributed by atoms with E-state index >= 15 is 0 Å². The summed E-state index contributed by atoms with van der Waals surface area (Å²) in [6, 6.07) is 11.5. The van der Waals surface area contributed by atoms with E-state index in [0.29, 0.717) is 12.5 Å². The van der Waals surface area contributed by atoms with Crippen LogP contribution >= 0.6 is 0 Å². The Kier molecular flexibility index (Phi) is 5.32. The molecule has 1 aliphatic carbocycles. The fourth-order valence-electron chi connectivity index (χ4n) is 3.75. The number of nitrogens with one attached hydrogen (secondary N) is 1. The van der Waals surface area contributed by atoms with E-state index in [1.54, 1.807) is 10.9 Å². The van der Waals surface area contributed by atoms with Gasteiger partial charge in [0.05, 0.1) is 17.9 Å². The lowest BCUT2D eigenvalue weighted by molar-refractivity contribution is 0.551. The van der Waals surface area contributed by atoms with Crippen molar-refractivity contribution in [2.24, 2.45) is 5.73 Å². The highest BCUT2D eigenvalue weighted by Crippen LogP contribution is 2.40. The zero-order chi connectivity index (χ0) is 22.3. The van der Waals surface area contributed by atoms with Gasteiger partial charge in [0, 0.05) is 31.7 Å². The smallest absolute Gasteiger partial charge is 0.243 e. The number of nitrogens with zero attached hydrogens (tertiary/aromatic N) is 4. The molecule has 5 rings (SSSR count). The number of pyridine rings is 1. The third-order valence-electron chi connectivity index (χ3n) is 5.98. The Hall–Kier alpha value is -3.01. The van der Waals surface area contributed by atoms with Gasteiger partial charge in [-0.25, -0.2) is 18.1 Å². The van der Waals surface area contributed by atoms with Crippen molar-refractivity contribution in [2.45, 2.75) is 49.7 Å². The van der Waals surface area contributed by atoms with Gasteiger partial charge in [-0.15, -0.1) is 0 Å². The van der Waals surface area contributed by atoms with E-state index in [2.05, 4.69) is 22.1 Å². The molecule has 0 spiro atoms. The van der Waals surface area contributed by atoms with Gasteiger partial charge >= 0.3 is 0 Å². The molecule has 0 aliphatic heterocycles. The van der Waals surface area contributed by atoms with Crippen molar-refractivity contribution in [3.05, 3.63) is 83.6 Å². The van der Waals surface area contributed by atoms with Crippen LogP contribution in [-0.4, -0.2) is 27.6 Å². The highest BCUT2D eigenvalue weighted by Gasteiger charge is 2.24. The zero-order valence-corrected chi connectivity index (χ0v) is 18.7. The molecule has 4 aromatic rings. The number of fused-ring (bicyclic) bond motifs is 1. The normalized spacial score (nSPS) is 15.3. The highest BCUT2D eigenvalue weighted by atomic mass is 32.2. The largest absolute Gasteiger partial charge is 0.326 e. The number of aromatic nitrogens is 4. The number of hydrogen-bond donors (Lipinski definition) is 2. The molecule has 3 heterocycles. The van der Waals surface area contributed by atoms with E-state index in [0.717, 1.165) is 22.5 Å². The zero-order valence-electron chi connectivity index (χ0n) is 17.8. The van der Waals surface area contributed by atoms with Crippen LogP contribution in [0.4, 0.5) is 0 Å². The summed E-state index contributed by atoms with van der Waals surface area (Å²) in [5, 5.41) is 4.30. The third kappa shape index (κ3) is 4.19. The van der Waals surface area contributed by atoms with Gasteiger partial charge < -0.3 is 10.1 Å². The van der Waals surface area contributed by atoms with Crippen molar-refractivity contribution < 1.29 is 8.42 Å². The summed E-state index contributed by atoms with van der Waals surface area (Å²) in [5.41, 5.74) is 10.5. The molecule has 1 aliphatic rings. The summed E-state index contributed by atoms with van der Waals surface area (Å²) in [6.45, 7) is 2.61. The van der Waals surface area contributed by atoms with Crippen molar-refractivity contribution in [3.63, 3.8) is 0 Å². The highest BCUT2D eigenvalue weighted by molar-refractivity contribution is 7.89. The van der Waals surface area contributed by atoms with Gasteiger partial charge in [-0.1, -0.05) is 30.3 Å².